The van der Waals surface area contributed by atoms with E-state index < -0.39 is 11.1 Å². The molecule has 4 rings (SSSR count). The highest BCUT2D eigenvalue weighted by atomic mass is 16.3. The summed E-state index contributed by atoms with van der Waals surface area (Å²) in [7, 11) is 2.08. The molecular weight excluding hydrogens is 422 g/mol. The maximum absolute atomic E-state index is 12.4. The van der Waals surface area contributed by atoms with Gasteiger partial charge in [0, 0.05) is 55.5 Å². The first-order chi connectivity index (χ1) is 16.0. The molecule has 2 fully saturated rings. The highest BCUT2D eigenvalue weighted by molar-refractivity contribution is 5.75. The Morgan fingerprint density at radius 1 is 1.15 bits per heavy atom. The molecule has 5 heteroatoms. The number of pyridine rings is 1. The number of aliphatic hydroxyl groups is 1. The van der Waals surface area contributed by atoms with Crippen LogP contribution in [0.25, 0.3) is 0 Å². The molecule has 0 radical (unpaired) electrons. The second-order valence-corrected chi connectivity index (χ2v) is 11.0. The van der Waals surface area contributed by atoms with E-state index in [4.69, 9.17) is 0 Å². The molecule has 0 unspecified atom stereocenters. The Morgan fingerprint density at radius 3 is 2.41 bits per heavy atom. The number of benzene rings is 1. The van der Waals surface area contributed by atoms with Crippen molar-refractivity contribution in [2.75, 3.05) is 26.7 Å². The van der Waals surface area contributed by atoms with E-state index in [1.165, 1.54) is 5.56 Å². The third-order valence-corrected chi connectivity index (χ3v) is 7.76. The summed E-state index contributed by atoms with van der Waals surface area (Å²) >= 11 is 0. The highest BCUT2D eigenvalue weighted by Gasteiger charge is 2.55. The summed E-state index contributed by atoms with van der Waals surface area (Å²) in [6.07, 6.45) is 5.33. The van der Waals surface area contributed by atoms with Gasteiger partial charge in [0.1, 0.15) is 11.1 Å². The lowest BCUT2D eigenvalue weighted by atomic mass is 9.62. The second kappa shape index (κ2) is 8.83. The van der Waals surface area contributed by atoms with Crippen LogP contribution in [0, 0.1) is 17.3 Å². The quantitative estimate of drug-likeness (QED) is 0.698. The van der Waals surface area contributed by atoms with Gasteiger partial charge in [0.2, 0.25) is 5.91 Å². The van der Waals surface area contributed by atoms with Gasteiger partial charge in [0.25, 0.3) is 0 Å². The molecule has 2 atom stereocenters. The Balaban J connectivity index is 1.75. The zero-order valence-corrected chi connectivity index (χ0v) is 21.4. The van der Waals surface area contributed by atoms with Crippen LogP contribution >= 0.6 is 0 Å². The number of carbonyl (C=O) groups excluding carboxylic acids is 1. The van der Waals surface area contributed by atoms with Gasteiger partial charge in [-0.3, -0.25) is 9.78 Å². The fourth-order valence-electron chi connectivity index (χ4n) is 5.86. The van der Waals surface area contributed by atoms with E-state index in [-0.39, 0.29) is 11.3 Å². The van der Waals surface area contributed by atoms with Gasteiger partial charge in [-0.15, -0.1) is 0 Å². The highest BCUT2D eigenvalue weighted by Crippen LogP contribution is 2.50. The average Bonchev–Trinajstić information content (AvgIpc) is 3.18. The fraction of sp³-hybridized carbons (Fsp3) is 0.517. The lowest BCUT2D eigenvalue weighted by Crippen LogP contribution is -2.63. The van der Waals surface area contributed by atoms with E-state index in [0.29, 0.717) is 5.92 Å². The molecule has 34 heavy (non-hydrogen) atoms. The van der Waals surface area contributed by atoms with Crippen LogP contribution in [0.1, 0.15) is 75.6 Å². The number of hydrogen-bond donors (Lipinski definition) is 1. The van der Waals surface area contributed by atoms with Gasteiger partial charge in [-0.05, 0) is 49.9 Å². The standard InChI is InChI=1S/C29H37N3O2/c1-21(2)24-8-10-25(11-9-24)29(34,27(4)19-31(6)20-27)26-16-23(17-30-18-26)12-14-28(5)13-7-15-32(28)22(3)33/h8-11,16-18,21,34H,7,13,15,19-20H2,1-6H3/t28-,29+/m1/s1. The second-order valence-electron chi connectivity index (χ2n) is 11.0. The van der Waals surface area contributed by atoms with E-state index in [1.54, 1.807) is 19.3 Å². The summed E-state index contributed by atoms with van der Waals surface area (Å²) in [5.74, 6) is 7.10. The molecule has 1 aromatic heterocycles. The molecule has 2 aliphatic rings. The summed E-state index contributed by atoms with van der Waals surface area (Å²) in [5.41, 5.74) is 1.63. The van der Waals surface area contributed by atoms with Crippen LogP contribution in [0.3, 0.4) is 0 Å². The molecule has 1 amide bonds. The van der Waals surface area contributed by atoms with Gasteiger partial charge in [-0.2, -0.15) is 0 Å². The number of amides is 1. The monoisotopic (exact) mass is 459 g/mol. The third-order valence-electron chi connectivity index (χ3n) is 7.76. The zero-order chi connectivity index (χ0) is 24.7. The van der Waals surface area contributed by atoms with Gasteiger partial charge in [0.15, 0.2) is 0 Å². The van der Waals surface area contributed by atoms with Gasteiger partial charge in [-0.1, -0.05) is 56.9 Å². The Bertz CT molecular complexity index is 1120. The summed E-state index contributed by atoms with van der Waals surface area (Å²) in [4.78, 5) is 20.6. The molecule has 1 aromatic carbocycles. The van der Waals surface area contributed by atoms with Crippen LogP contribution in [-0.2, 0) is 10.4 Å². The van der Waals surface area contributed by atoms with Crippen molar-refractivity contribution in [3.8, 4) is 11.8 Å². The number of carbonyl (C=O) groups is 1. The molecule has 1 N–H and O–H groups in total. The van der Waals surface area contributed by atoms with Crippen molar-refractivity contribution in [2.24, 2.45) is 5.41 Å². The Hall–Kier alpha value is -2.68. The molecule has 2 saturated heterocycles. The van der Waals surface area contributed by atoms with E-state index in [9.17, 15) is 9.90 Å². The molecular formula is C29H37N3O2. The Morgan fingerprint density at radius 2 is 1.82 bits per heavy atom. The summed E-state index contributed by atoms with van der Waals surface area (Å²) in [6.45, 7) is 12.5. The van der Waals surface area contributed by atoms with Crippen molar-refractivity contribution < 1.29 is 9.90 Å². The maximum atomic E-state index is 12.4. The minimum Gasteiger partial charge on any atom is -0.380 e. The molecule has 2 aliphatic heterocycles. The normalized spacial score (nSPS) is 23.7. The molecule has 2 aromatic rings. The van der Waals surface area contributed by atoms with E-state index in [0.717, 1.165) is 49.2 Å². The van der Waals surface area contributed by atoms with Gasteiger partial charge in [0.05, 0.1) is 0 Å². The predicted octanol–water partition coefficient (Wildman–Crippen LogP) is 4.15. The molecule has 0 saturated carbocycles. The molecule has 0 bridgehead atoms. The number of rotatable bonds is 4. The average molecular weight is 460 g/mol. The molecule has 5 nitrogen and oxygen atoms in total. The van der Waals surface area contributed by atoms with E-state index in [2.05, 4.69) is 73.8 Å². The van der Waals surface area contributed by atoms with Crippen LogP contribution < -0.4 is 0 Å². The van der Waals surface area contributed by atoms with Crippen molar-refractivity contribution >= 4 is 5.91 Å². The number of nitrogens with zero attached hydrogens (tertiary/aromatic N) is 3. The fourth-order valence-corrected chi connectivity index (χ4v) is 5.86. The van der Waals surface area contributed by atoms with Gasteiger partial charge in [-0.25, -0.2) is 0 Å². The lowest BCUT2D eigenvalue weighted by Gasteiger charge is -2.55. The first-order valence-corrected chi connectivity index (χ1v) is 12.3. The Labute approximate surface area is 204 Å². The third kappa shape index (κ3) is 4.15. The van der Waals surface area contributed by atoms with Gasteiger partial charge >= 0.3 is 0 Å². The topological polar surface area (TPSA) is 56.7 Å². The molecule has 0 aliphatic carbocycles. The van der Waals surface area contributed by atoms with Crippen molar-refractivity contribution in [1.29, 1.82) is 0 Å². The first kappa shape index (κ1) is 24.4. The van der Waals surface area contributed by atoms with Crippen LogP contribution in [0.5, 0.6) is 0 Å². The SMILES string of the molecule is CC(=O)N1CCC[C@]1(C)C#Cc1cncc([C@@](O)(c2ccc(C(C)C)cc2)C2(C)CN(C)C2)c1. The lowest BCUT2D eigenvalue weighted by molar-refractivity contribution is -0.130. The predicted molar refractivity (Wildman–Crippen MR) is 135 cm³/mol. The number of hydrogen-bond acceptors (Lipinski definition) is 4. The minimum absolute atomic E-state index is 0.0578. The van der Waals surface area contributed by atoms with Crippen LogP contribution in [0.15, 0.2) is 42.7 Å². The van der Waals surface area contributed by atoms with Crippen molar-refractivity contribution in [3.05, 3.63) is 65.0 Å². The number of aromatic nitrogens is 1. The van der Waals surface area contributed by atoms with Crippen molar-refractivity contribution in [1.82, 2.24) is 14.8 Å². The molecule has 180 valence electrons. The van der Waals surface area contributed by atoms with Crippen LogP contribution in [-0.4, -0.2) is 58.0 Å². The number of likely N-dealkylation sites (tertiary alicyclic amines) is 2. The summed E-state index contributed by atoms with van der Waals surface area (Å²) in [5, 5.41) is 12.4. The smallest absolute Gasteiger partial charge is 0.220 e. The van der Waals surface area contributed by atoms with Crippen LogP contribution in [0.4, 0.5) is 0 Å². The van der Waals surface area contributed by atoms with E-state index >= 15 is 0 Å². The summed E-state index contributed by atoms with van der Waals surface area (Å²) < 4.78 is 0. The molecule has 0 spiro atoms. The summed E-state index contributed by atoms with van der Waals surface area (Å²) in [6, 6.07) is 10.3. The minimum atomic E-state index is -1.19. The van der Waals surface area contributed by atoms with E-state index in [1.807, 2.05) is 17.9 Å². The molecule has 3 heterocycles. The zero-order valence-electron chi connectivity index (χ0n) is 21.4. The van der Waals surface area contributed by atoms with Gasteiger partial charge < -0.3 is 14.9 Å². The first-order valence-electron chi connectivity index (χ1n) is 12.3. The Kier molecular flexibility index (Phi) is 6.35. The largest absolute Gasteiger partial charge is 0.380 e. The van der Waals surface area contributed by atoms with Crippen molar-refractivity contribution in [3.63, 3.8) is 0 Å². The van der Waals surface area contributed by atoms with Crippen molar-refractivity contribution in [2.45, 2.75) is 64.5 Å². The maximum Gasteiger partial charge on any atom is 0.220 e. The van der Waals surface area contributed by atoms with Crippen LogP contribution in [0.2, 0.25) is 0 Å².